The van der Waals surface area contributed by atoms with Gasteiger partial charge in [0.25, 0.3) is 11.6 Å². The molecule has 0 radical (unpaired) electrons. The van der Waals surface area contributed by atoms with E-state index in [4.69, 9.17) is 32.8 Å². The lowest BCUT2D eigenvalue weighted by Gasteiger charge is -2.29. The first-order valence-electron chi connectivity index (χ1n) is 11.1. The van der Waals surface area contributed by atoms with Gasteiger partial charge in [-0.3, -0.25) is 24.5 Å². The van der Waals surface area contributed by atoms with E-state index in [-0.39, 0.29) is 10.7 Å². The molecule has 184 valence electrons. The van der Waals surface area contributed by atoms with Crippen LogP contribution in [0.3, 0.4) is 0 Å². The van der Waals surface area contributed by atoms with Crippen molar-refractivity contribution in [1.82, 2.24) is 0 Å². The molecule has 11 heteroatoms. The van der Waals surface area contributed by atoms with Gasteiger partial charge in [0.05, 0.1) is 28.9 Å². The highest BCUT2D eigenvalue weighted by atomic mass is 35.5. The predicted octanol–water partition coefficient (Wildman–Crippen LogP) is 5.35. The highest BCUT2D eigenvalue weighted by molar-refractivity contribution is 6.35. The van der Waals surface area contributed by atoms with Gasteiger partial charge in [-0.1, -0.05) is 41.4 Å². The number of ether oxygens (including phenoxy) is 1. The molecule has 0 bridgehead atoms. The number of non-ortho nitro benzene ring substituents is 1. The summed E-state index contributed by atoms with van der Waals surface area (Å²) >= 11 is 12.6. The summed E-state index contributed by atoms with van der Waals surface area (Å²) in [6.45, 7) is 2.26. The van der Waals surface area contributed by atoms with Crippen LogP contribution in [0.1, 0.15) is 18.5 Å². The molecule has 0 N–H and O–H groups in total. The summed E-state index contributed by atoms with van der Waals surface area (Å²) in [5.74, 6) is -1.49. The number of hydrogen-bond donors (Lipinski definition) is 0. The van der Waals surface area contributed by atoms with Gasteiger partial charge in [-0.2, -0.15) is 0 Å². The van der Waals surface area contributed by atoms with Crippen molar-refractivity contribution in [1.29, 1.82) is 0 Å². The van der Waals surface area contributed by atoms with Crippen LogP contribution in [0.15, 0.2) is 66.7 Å². The maximum atomic E-state index is 13.8. The molecule has 0 aliphatic carbocycles. The van der Waals surface area contributed by atoms with Crippen LogP contribution in [0, 0.1) is 16.0 Å². The highest BCUT2D eigenvalue weighted by Crippen LogP contribution is 2.49. The summed E-state index contributed by atoms with van der Waals surface area (Å²) < 4.78 is 5.52. The lowest BCUT2D eigenvalue weighted by Crippen LogP contribution is -2.37. The molecule has 0 aromatic heterocycles. The topological polar surface area (TPSA) is 102 Å². The average molecular weight is 528 g/mol. The van der Waals surface area contributed by atoms with Crippen molar-refractivity contribution < 1.29 is 24.1 Å². The quantitative estimate of drug-likeness (QED) is 0.241. The number of fused-ring (bicyclic) bond motifs is 1. The highest BCUT2D eigenvalue weighted by Gasteiger charge is 2.60. The van der Waals surface area contributed by atoms with E-state index in [0.29, 0.717) is 34.3 Å². The Balaban J connectivity index is 1.60. The summed E-state index contributed by atoms with van der Waals surface area (Å²) in [6, 6.07) is 16.4. The molecule has 3 aromatic carbocycles. The van der Waals surface area contributed by atoms with E-state index in [2.05, 4.69) is 0 Å². The van der Waals surface area contributed by atoms with Crippen LogP contribution in [0.2, 0.25) is 10.0 Å². The van der Waals surface area contributed by atoms with Crippen molar-refractivity contribution in [3.05, 3.63) is 92.5 Å². The number of rotatable bonds is 6. The third-order valence-electron chi connectivity index (χ3n) is 6.08. The molecule has 0 saturated carbocycles. The Kier molecular flexibility index (Phi) is 6.29. The number of hydroxylamine groups is 1. The maximum absolute atomic E-state index is 13.8. The second-order valence-corrected chi connectivity index (χ2v) is 9.05. The number of carbonyl (C=O) groups is 2. The van der Waals surface area contributed by atoms with Crippen molar-refractivity contribution in [3.8, 4) is 5.75 Å². The minimum Gasteiger partial charge on any atom is -0.494 e. The summed E-state index contributed by atoms with van der Waals surface area (Å²) in [6.07, 6.45) is -1.16. The van der Waals surface area contributed by atoms with Crippen LogP contribution < -0.4 is 14.7 Å². The van der Waals surface area contributed by atoms with E-state index in [1.807, 2.05) is 6.92 Å². The molecular weight excluding hydrogens is 509 g/mol. The largest absolute Gasteiger partial charge is 0.494 e. The van der Waals surface area contributed by atoms with Gasteiger partial charge in [0.15, 0.2) is 6.10 Å². The van der Waals surface area contributed by atoms with E-state index in [0.717, 1.165) is 4.90 Å². The molecule has 36 heavy (non-hydrogen) atoms. The number of benzene rings is 3. The molecule has 0 spiro atoms. The summed E-state index contributed by atoms with van der Waals surface area (Å²) in [5, 5.41) is 13.4. The van der Waals surface area contributed by atoms with Gasteiger partial charge in [-0.25, -0.2) is 9.96 Å². The number of nitro benzene ring substituents is 1. The van der Waals surface area contributed by atoms with E-state index in [1.54, 1.807) is 42.5 Å². The molecule has 2 aliphatic heterocycles. The molecular formula is C25H19Cl2N3O6. The molecule has 2 heterocycles. The second kappa shape index (κ2) is 9.42. The lowest BCUT2D eigenvalue weighted by atomic mass is 9.90. The SMILES string of the molecule is CCOc1cccc(N2C(=O)[C@@H]3[C@H](ON(c4cccc([N+](=O)[O-])c4)[C@@H]3c3ccc(Cl)cc3Cl)C2=O)c1. The number of anilines is 2. The number of nitrogens with zero attached hydrogens (tertiary/aromatic N) is 3. The van der Waals surface area contributed by atoms with E-state index < -0.39 is 34.8 Å². The van der Waals surface area contributed by atoms with Gasteiger partial charge in [-0.15, -0.1) is 0 Å². The van der Waals surface area contributed by atoms with Gasteiger partial charge in [0.1, 0.15) is 11.7 Å². The Labute approximate surface area is 215 Å². The molecule has 3 aromatic rings. The number of imide groups is 1. The molecule has 2 saturated heterocycles. The number of nitro groups is 1. The minimum atomic E-state index is -1.16. The molecule has 2 amide bonds. The summed E-state index contributed by atoms with van der Waals surface area (Å²) in [4.78, 5) is 45.2. The summed E-state index contributed by atoms with van der Waals surface area (Å²) in [7, 11) is 0. The monoisotopic (exact) mass is 527 g/mol. The van der Waals surface area contributed by atoms with Crippen molar-refractivity contribution in [2.45, 2.75) is 19.1 Å². The van der Waals surface area contributed by atoms with Crippen LogP contribution in [0.5, 0.6) is 5.75 Å². The fraction of sp³-hybridized carbons (Fsp3) is 0.200. The summed E-state index contributed by atoms with van der Waals surface area (Å²) in [5.41, 5.74) is 0.990. The number of hydrogen-bond acceptors (Lipinski definition) is 7. The number of halogens is 2. The fourth-order valence-electron chi connectivity index (χ4n) is 4.57. The van der Waals surface area contributed by atoms with Crippen molar-refractivity contribution in [2.24, 2.45) is 5.92 Å². The van der Waals surface area contributed by atoms with E-state index >= 15 is 0 Å². The first-order chi connectivity index (χ1) is 17.3. The van der Waals surface area contributed by atoms with Crippen LogP contribution in [-0.4, -0.2) is 29.4 Å². The molecule has 2 aliphatic rings. The number of amides is 2. The predicted molar refractivity (Wildman–Crippen MR) is 133 cm³/mol. The van der Waals surface area contributed by atoms with Gasteiger partial charge in [-0.05, 0) is 42.8 Å². The molecule has 0 unspecified atom stereocenters. The van der Waals surface area contributed by atoms with Gasteiger partial charge in [0.2, 0.25) is 5.91 Å². The Morgan fingerprint density at radius 3 is 2.47 bits per heavy atom. The van der Waals surface area contributed by atoms with E-state index in [1.165, 1.54) is 29.3 Å². The normalized spacial score (nSPS) is 21.1. The molecule has 9 nitrogen and oxygen atoms in total. The zero-order valence-corrected chi connectivity index (χ0v) is 20.3. The molecule has 2 fully saturated rings. The Hall–Kier alpha value is -3.66. The van der Waals surface area contributed by atoms with E-state index in [9.17, 15) is 19.7 Å². The van der Waals surface area contributed by atoms with Gasteiger partial charge < -0.3 is 4.74 Å². The van der Waals surface area contributed by atoms with Crippen LogP contribution in [0.4, 0.5) is 17.1 Å². The van der Waals surface area contributed by atoms with Crippen LogP contribution in [0.25, 0.3) is 0 Å². The van der Waals surface area contributed by atoms with Crippen LogP contribution >= 0.6 is 23.2 Å². The average Bonchev–Trinajstić information content (AvgIpc) is 3.35. The van der Waals surface area contributed by atoms with Gasteiger partial charge >= 0.3 is 0 Å². The van der Waals surface area contributed by atoms with Crippen molar-refractivity contribution in [2.75, 3.05) is 16.6 Å². The van der Waals surface area contributed by atoms with Crippen molar-refractivity contribution >= 4 is 52.1 Å². The third-order valence-corrected chi connectivity index (χ3v) is 6.64. The maximum Gasteiger partial charge on any atom is 0.271 e. The molecule has 3 atom stereocenters. The Bertz CT molecular complexity index is 1380. The van der Waals surface area contributed by atoms with Crippen LogP contribution in [-0.2, 0) is 14.4 Å². The lowest BCUT2D eigenvalue weighted by molar-refractivity contribution is -0.384. The Morgan fingerprint density at radius 1 is 1.00 bits per heavy atom. The fourth-order valence-corrected chi connectivity index (χ4v) is 5.09. The first kappa shape index (κ1) is 24.1. The smallest absolute Gasteiger partial charge is 0.271 e. The van der Waals surface area contributed by atoms with Crippen molar-refractivity contribution in [3.63, 3.8) is 0 Å². The first-order valence-corrected chi connectivity index (χ1v) is 11.8. The standard InChI is InChI=1S/C25H19Cl2N3O6/c1-2-35-18-8-4-5-15(13-18)28-24(31)21-22(19-10-9-14(26)11-20(19)27)29(36-23(21)25(28)32)16-6-3-7-17(12-16)30(33)34/h3-13,21-23H,2H2,1H3/t21-,22+,23-/m0/s1. The van der Waals surface area contributed by atoms with Gasteiger partial charge in [0, 0.05) is 28.2 Å². The third kappa shape index (κ3) is 4.05. The second-order valence-electron chi connectivity index (χ2n) is 8.21. The molecule has 5 rings (SSSR count). The zero-order valence-electron chi connectivity index (χ0n) is 18.8. The minimum absolute atomic E-state index is 0.166. The number of carbonyl (C=O) groups excluding carboxylic acids is 2. The zero-order chi connectivity index (χ0) is 25.6. The Morgan fingerprint density at radius 2 is 1.75 bits per heavy atom.